The van der Waals surface area contributed by atoms with Crippen molar-refractivity contribution in [2.75, 3.05) is 25.0 Å². The maximum atomic E-state index is 3.53. The van der Waals surface area contributed by atoms with Crippen LogP contribution in [0.4, 0.5) is 5.69 Å². The van der Waals surface area contributed by atoms with Crippen LogP contribution in [0.25, 0.3) is 0 Å². The summed E-state index contributed by atoms with van der Waals surface area (Å²) in [5.74, 6) is 0. The third-order valence-electron chi connectivity index (χ3n) is 3.69. The molecule has 3 heteroatoms. The first-order valence-corrected chi connectivity index (χ1v) is 7.24. The second-order valence-corrected chi connectivity index (χ2v) is 5.17. The fraction of sp³-hybridized carbons (Fsp3) is 0.294. The van der Waals surface area contributed by atoms with Gasteiger partial charge in [-0.25, -0.2) is 0 Å². The van der Waals surface area contributed by atoms with Crippen molar-refractivity contribution in [2.24, 2.45) is 0 Å². The van der Waals surface area contributed by atoms with E-state index in [9.17, 15) is 0 Å². The second-order valence-electron chi connectivity index (χ2n) is 5.17. The van der Waals surface area contributed by atoms with Crippen LogP contribution in [-0.4, -0.2) is 19.6 Å². The Hall–Kier alpha value is -1.84. The molecule has 0 saturated carbocycles. The van der Waals surface area contributed by atoms with Crippen molar-refractivity contribution >= 4 is 5.69 Å². The van der Waals surface area contributed by atoms with Gasteiger partial charge in [-0.05, 0) is 23.3 Å². The Kier molecular flexibility index (Phi) is 4.31. The highest BCUT2D eigenvalue weighted by atomic mass is 15.1. The SMILES string of the molecule is c1ccc(CNc2ccc([C@H]3CNCCN3)cc2)cc1. The quantitative estimate of drug-likeness (QED) is 0.796. The van der Waals surface area contributed by atoms with Gasteiger partial charge in [0.05, 0.1) is 0 Å². The van der Waals surface area contributed by atoms with Crippen molar-refractivity contribution in [1.82, 2.24) is 10.6 Å². The van der Waals surface area contributed by atoms with E-state index in [2.05, 4.69) is 64.5 Å². The molecule has 0 spiro atoms. The predicted octanol–water partition coefficient (Wildman–Crippen LogP) is 2.53. The standard InChI is InChI=1S/C17H21N3/c1-2-4-14(5-3-1)12-20-16-8-6-15(7-9-16)17-13-18-10-11-19-17/h1-9,17-20H,10-13H2/t17-/m1/s1. The van der Waals surface area contributed by atoms with Gasteiger partial charge in [-0.3, -0.25) is 0 Å². The molecule has 3 N–H and O–H groups in total. The summed E-state index contributed by atoms with van der Waals surface area (Å²) in [6.07, 6.45) is 0. The molecule has 1 atom stereocenters. The number of anilines is 1. The molecule has 104 valence electrons. The highest BCUT2D eigenvalue weighted by Crippen LogP contribution is 2.17. The van der Waals surface area contributed by atoms with Gasteiger partial charge in [0, 0.05) is 37.9 Å². The minimum atomic E-state index is 0.437. The van der Waals surface area contributed by atoms with Gasteiger partial charge in [0.15, 0.2) is 0 Å². The van der Waals surface area contributed by atoms with Crippen LogP contribution in [0.2, 0.25) is 0 Å². The summed E-state index contributed by atoms with van der Waals surface area (Å²) in [6.45, 7) is 3.98. The molecule has 1 aliphatic rings. The molecule has 1 fully saturated rings. The molecular formula is C17H21N3. The van der Waals surface area contributed by atoms with Gasteiger partial charge in [0.25, 0.3) is 0 Å². The Morgan fingerprint density at radius 1 is 0.950 bits per heavy atom. The summed E-state index contributed by atoms with van der Waals surface area (Å²) in [4.78, 5) is 0. The number of benzene rings is 2. The van der Waals surface area contributed by atoms with Crippen LogP contribution in [0.1, 0.15) is 17.2 Å². The van der Waals surface area contributed by atoms with Crippen molar-refractivity contribution in [3.63, 3.8) is 0 Å². The van der Waals surface area contributed by atoms with E-state index in [4.69, 9.17) is 0 Å². The molecule has 1 heterocycles. The van der Waals surface area contributed by atoms with Crippen molar-refractivity contribution in [1.29, 1.82) is 0 Å². The number of rotatable bonds is 4. The minimum absolute atomic E-state index is 0.437. The van der Waals surface area contributed by atoms with Gasteiger partial charge in [-0.2, -0.15) is 0 Å². The van der Waals surface area contributed by atoms with E-state index in [1.807, 2.05) is 6.07 Å². The Balaban J connectivity index is 1.58. The molecule has 2 aromatic rings. The highest BCUT2D eigenvalue weighted by Gasteiger charge is 2.13. The third-order valence-corrected chi connectivity index (χ3v) is 3.69. The van der Waals surface area contributed by atoms with E-state index >= 15 is 0 Å². The zero-order valence-electron chi connectivity index (χ0n) is 11.6. The van der Waals surface area contributed by atoms with Crippen molar-refractivity contribution < 1.29 is 0 Å². The van der Waals surface area contributed by atoms with Gasteiger partial charge in [0.1, 0.15) is 0 Å². The van der Waals surface area contributed by atoms with Gasteiger partial charge in [0.2, 0.25) is 0 Å². The first kappa shape index (κ1) is 13.2. The molecule has 3 nitrogen and oxygen atoms in total. The van der Waals surface area contributed by atoms with E-state index < -0.39 is 0 Å². The predicted molar refractivity (Wildman–Crippen MR) is 83.8 cm³/mol. The Bertz CT molecular complexity index is 516. The molecule has 3 rings (SSSR count). The Morgan fingerprint density at radius 3 is 2.45 bits per heavy atom. The lowest BCUT2D eigenvalue weighted by Gasteiger charge is -2.25. The van der Waals surface area contributed by atoms with E-state index in [1.165, 1.54) is 16.8 Å². The lowest BCUT2D eigenvalue weighted by atomic mass is 10.1. The van der Waals surface area contributed by atoms with Crippen LogP contribution in [0.15, 0.2) is 54.6 Å². The van der Waals surface area contributed by atoms with Gasteiger partial charge >= 0.3 is 0 Å². The first-order valence-electron chi connectivity index (χ1n) is 7.24. The molecule has 2 aromatic carbocycles. The Labute approximate surface area is 120 Å². The Morgan fingerprint density at radius 2 is 1.75 bits per heavy atom. The highest BCUT2D eigenvalue weighted by molar-refractivity contribution is 5.45. The number of hydrogen-bond donors (Lipinski definition) is 3. The minimum Gasteiger partial charge on any atom is -0.381 e. The van der Waals surface area contributed by atoms with E-state index in [0.29, 0.717) is 6.04 Å². The number of piperazine rings is 1. The summed E-state index contributed by atoms with van der Waals surface area (Å²) in [6, 6.07) is 19.6. The van der Waals surface area contributed by atoms with Gasteiger partial charge < -0.3 is 16.0 Å². The molecule has 20 heavy (non-hydrogen) atoms. The van der Waals surface area contributed by atoms with Crippen LogP contribution in [-0.2, 0) is 6.54 Å². The normalized spacial score (nSPS) is 18.7. The monoisotopic (exact) mass is 267 g/mol. The van der Waals surface area contributed by atoms with E-state index in [-0.39, 0.29) is 0 Å². The van der Waals surface area contributed by atoms with Crippen LogP contribution in [0, 0.1) is 0 Å². The molecule has 0 radical (unpaired) electrons. The molecule has 1 saturated heterocycles. The molecule has 0 aliphatic carbocycles. The fourth-order valence-electron chi connectivity index (χ4n) is 2.52. The molecule has 0 amide bonds. The maximum absolute atomic E-state index is 3.53. The van der Waals surface area contributed by atoms with Crippen LogP contribution in [0.3, 0.4) is 0 Å². The smallest absolute Gasteiger partial charge is 0.0447 e. The zero-order valence-corrected chi connectivity index (χ0v) is 11.6. The fourth-order valence-corrected chi connectivity index (χ4v) is 2.52. The summed E-state index contributed by atoms with van der Waals surface area (Å²) >= 11 is 0. The zero-order chi connectivity index (χ0) is 13.6. The number of hydrogen-bond acceptors (Lipinski definition) is 3. The largest absolute Gasteiger partial charge is 0.381 e. The van der Waals surface area contributed by atoms with Gasteiger partial charge in [-0.15, -0.1) is 0 Å². The van der Waals surface area contributed by atoms with Gasteiger partial charge in [-0.1, -0.05) is 42.5 Å². The molecular weight excluding hydrogens is 246 g/mol. The third kappa shape index (κ3) is 3.38. The number of nitrogens with one attached hydrogen (secondary N) is 3. The maximum Gasteiger partial charge on any atom is 0.0447 e. The lowest BCUT2D eigenvalue weighted by Crippen LogP contribution is -2.42. The second kappa shape index (κ2) is 6.55. The van der Waals surface area contributed by atoms with Crippen LogP contribution in [0.5, 0.6) is 0 Å². The summed E-state index contributed by atoms with van der Waals surface area (Å²) < 4.78 is 0. The molecule has 0 aromatic heterocycles. The molecule has 1 aliphatic heterocycles. The molecule has 0 unspecified atom stereocenters. The summed E-state index contributed by atoms with van der Waals surface area (Å²) in [5, 5.41) is 10.4. The van der Waals surface area contributed by atoms with Crippen LogP contribution < -0.4 is 16.0 Å². The summed E-state index contributed by atoms with van der Waals surface area (Å²) in [5.41, 5.74) is 3.82. The first-order chi connectivity index (χ1) is 9.92. The van der Waals surface area contributed by atoms with E-state index in [0.717, 1.165) is 26.2 Å². The van der Waals surface area contributed by atoms with Crippen molar-refractivity contribution in [3.05, 3.63) is 65.7 Å². The summed E-state index contributed by atoms with van der Waals surface area (Å²) in [7, 11) is 0. The van der Waals surface area contributed by atoms with Crippen molar-refractivity contribution in [3.8, 4) is 0 Å². The van der Waals surface area contributed by atoms with Crippen LogP contribution >= 0.6 is 0 Å². The lowest BCUT2D eigenvalue weighted by molar-refractivity contribution is 0.430. The molecule has 0 bridgehead atoms. The van der Waals surface area contributed by atoms with Crippen molar-refractivity contribution in [2.45, 2.75) is 12.6 Å². The average Bonchev–Trinajstić information content (AvgIpc) is 2.55. The topological polar surface area (TPSA) is 36.1 Å². The van der Waals surface area contributed by atoms with E-state index in [1.54, 1.807) is 0 Å². The average molecular weight is 267 g/mol.